The Morgan fingerprint density at radius 3 is 2.58 bits per heavy atom. The number of halogens is 3. The molecule has 1 heterocycles. The van der Waals surface area contributed by atoms with Crippen LogP contribution in [-0.2, 0) is 0 Å². The maximum Gasteiger partial charge on any atom is 0.284 e. The molecule has 1 unspecified atom stereocenters. The highest BCUT2D eigenvalue weighted by Gasteiger charge is 2.19. The van der Waals surface area contributed by atoms with Crippen LogP contribution in [0.2, 0.25) is 0 Å². The van der Waals surface area contributed by atoms with Gasteiger partial charge in [0.2, 0.25) is 0 Å². The van der Waals surface area contributed by atoms with E-state index in [-0.39, 0.29) is 22.9 Å². The molecule has 1 atom stereocenters. The summed E-state index contributed by atoms with van der Waals surface area (Å²) in [5.41, 5.74) is 5.27. The van der Waals surface area contributed by atoms with Crippen LogP contribution in [0.3, 0.4) is 0 Å². The first-order valence-electron chi connectivity index (χ1n) is 6.05. The molecule has 108 valence electrons. The van der Waals surface area contributed by atoms with Crippen LogP contribution in [-0.4, -0.2) is 17.1 Å². The van der Waals surface area contributed by atoms with Crippen LogP contribution in [0.1, 0.15) is 39.3 Å². The van der Waals surface area contributed by atoms with E-state index in [0.29, 0.717) is 11.2 Å². The largest absolute Gasteiger partial charge is 0.491 e. The van der Waals surface area contributed by atoms with Crippen molar-refractivity contribution in [2.75, 3.05) is 6.61 Å². The second-order valence-electron chi connectivity index (χ2n) is 5.43. The summed E-state index contributed by atoms with van der Waals surface area (Å²) in [4.78, 5) is 3.74. The fourth-order valence-corrected chi connectivity index (χ4v) is 2.23. The van der Waals surface area contributed by atoms with Gasteiger partial charge in [0.15, 0.2) is 0 Å². The van der Waals surface area contributed by atoms with E-state index in [1.807, 2.05) is 20.8 Å². The number of hydrogen-bond donors (Lipinski definition) is 1. The van der Waals surface area contributed by atoms with Crippen molar-refractivity contribution in [1.82, 2.24) is 4.98 Å². The van der Waals surface area contributed by atoms with Crippen LogP contribution in [0.25, 0.3) is 0 Å². The van der Waals surface area contributed by atoms with Crippen LogP contribution in [0, 0.1) is 5.92 Å². The molecule has 0 aliphatic rings. The topological polar surface area (TPSA) is 48.1 Å². The molecule has 0 amide bonds. The van der Waals surface area contributed by atoms with Crippen LogP contribution in [0.15, 0.2) is 16.7 Å². The Morgan fingerprint density at radius 1 is 1.42 bits per heavy atom. The van der Waals surface area contributed by atoms with E-state index in [4.69, 9.17) is 10.5 Å². The maximum atomic E-state index is 12.8. The Labute approximate surface area is 120 Å². The summed E-state index contributed by atoms with van der Waals surface area (Å²) in [5, 5.41) is 0. The van der Waals surface area contributed by atoms with Crippen molar-refractivity contribution < 1.29 is 13.5 Å². The monoisotopic (exact) mass is 336 g/mol. The Balaban J connectivity index is 2.67. The third kappa shape index (κ3) is 5.82. The Kier molecular flexibility index (Phi) is 5.67. The average Bonchev–Trinajstić information content (AvgIpc) is 2.24. The second kappa shape index (κ2) is 6.61. The molecule has 0 radical (unpaired) electrons. The number of pyridine rings is 1. The number of aromatic nitrogens is 1. The van der Waals surface area contributed by atoms with Crippen LogP contribution >= 0.6 is 15.9 Å². The Hall–Kier alpha value is -0.750. The van der Waals surface area contributed by atoms with Gasteiger partial charge >= 0.3 is 0 Å². The lowest BCUT2D eigenvalue weighted by molar-refractivity contribution is 0.136. The smallest absolute Gasteiger partial charge is 0.284 e. The van der Waals surface area contributed by atoms with E-state index < -0.39 is 6.43 Å². The standard InChI is InChI=1S/C13H19BrF2N2O/c1-8(6-13(2,3)17)7-19-9-4-5-10(14)18-11(9)12(15)16/h4-5,8,12H,6-7,17H2,1-3H3. The van der Waals surface area contributed by atoms with E-state index in [2.05, 4.69) is 20.9 Å². The summed E-state index contributed by atoms with van der Waals surface area (Å²) in [6.45, 7) is 6.16. The number of rotatable bonds is 6. The zero-order valence-corrected chi connectivity index (χ0v) is 12.9. The molecule has 1 aromatic heterocycles. The molecule has 0 bridgehead atoms. The molecular weight excluding hydrogens is 318 g/mol. The van der Waals surface area contributed by atoms with Gasteiger partial charge in [-0.3, -0.25) is 0 Å². The van der Waals surface area contributed by atoms with E-state index >= 15 is 0 Å². The third-order valence-corrected chi connectivity index (χ3v) is 2.90. The van der Waals surface area contributed by atoms with Crippen molar-refractivity contribution in [3.05, 3.63) is 22.4 Å². The van der Waals surface area contributed by atoms with Crippen molar-refractivity contribution in [3.63, 3.8) is 0 Å². The SMILES string of the molecule is CC(COc1ccc(Br)nc1C(F)F)CC(C)(C)N. The van der Waals surface area contributed by atoms with E-state index in [9.17, 15) is 8.78 Å². The molecular formula is C13H19BrF2N2O. The second-order valence-corrected chi connectivity index (χ2v) is 6.24. The van der Waals surface area contributed by atoms with E-state index in [0.717, 1.165) is 6.42 Å². The van der Waals surface area contributed by atoms with Gasteiger partial charge in [-0.1, -0.05) is 6.92 Å². The van der Waals surface area contributed by atoms with Gasteiger partial charge < -0.3 is 10.5 Å². The Morgan fingerprint density at radius 2 is 2.05 bits per heavy atom. The Bertz CT molecular complexity index is 422. The minimum absolute atomic E-state index is 0.125. The summed E-state index contributed by atoms with van der Waals surface area (Å²) >= 11 is 3.07. The van der Waals surface area contributed by atoms with Crippen molar-refractivity contribution in [2.45, 2.75) is 39.2 Å². The fraction of sp³-hybridized carbons (Fsp3) is 0.615. The first-order chi connectivity index (χ1) is 8.69. The zero-order valence-electron chi connectivity index (χ0n) is 11.3. The van der Waals surface area contributed by atoms with Gasteiger partial charge in [0, 0.05) is 5.54 Å². The van der Waals surface area contributed by atoms with Gasteiger partial charge in [-0.25, -0.2) is 13.8 Å². The van der Waals surface area contributed by atoms with E-state index in [1.54, 1.807) is 6.07 Å². The summed E-state index contributed by atoms with van der Waals surface area (Å²) in [6.07, 6.45) is -1.91. The predicted octanol–water partition coefficient (Wildman–Crippen LogP) is 3.92. The van der Waals surface area contributed by atoms with Crippen LogP contribution in [0.5, 0.6) is 5.75 Å². The minimum Gasteiger partial charge on any atom is -0.491 e. The highest BCUT2D eigenvalue weighted by molar-refractivity contribution is 9.10. The van der Waals surface area contributed by atoms with Crippen molar-refractivity contribution in [2.24, 2.45) is 11.7 Å². The van der Waals surface area contributed by atoms with Crippen molar-refractivity contribution in [3.8, 4) is 5.75 Å². The summed E-state index contributed by atoms with van der Waals surface area (Å²) in [5.74, 6) is 0.300. The molecule has 6 heteroatoms. The number of nitrogens with two attached hydrogens (primary N) is 1. The molecule has 0 spiro atoms. The minimum atomic E-state index is -2.66. The lowest BCUT2D eigenvalue weighted by Crippen LogP contribution is -2.35. The zero-order chi connectivity index (χ0) is 14.6. The predicted molar refractivity (Wildman–Crippen MR) is 74.4 cm³/mol. The molecule has 0 saturated carbocycles. The summed E-state index contributed by atoms with van der Waals surface area (Å²) < 4.78 is 31.4. The molecule has 0 aliphatic carbocycles. The molecule has 2 N–H and O–H groups in total. The first kappa shape index (κ1) is 16.3. The maximum absolute atomic E-state index is 12.8. The molecule has 0 fully saturated rings. The molecule has 0 aliphatic heterocycles. The molecule has 3 nitrogen and oxygen atoms in total. The van der Waals surface area contributed by atoms with Gasteiger partial charge in [-0.15, -0.1) is 0 Å². The average molecular weight is 337 g/mol. The first-order valence-corrected chi connectivity index (χ1v) is 6.84. The quantitative estimate of drug-likeness (QED) is 0.801. The number of hydrogen-bond acceptors (Lipinski definition) is 3. The van der Waals surface area contributed by atoms with E-state index in [1.165, 1.54) is 6.07 Å². The molecule has 1 aromatic rings. The normalized spacial score (nSPS) is 13.7. The van der Waals surface area contributed by atoms with Crippen molar-refractivity contribution >= 4 is 15.9 Å². The van der Waals surface area contributed by atoms with Gasteiger partial charge in [0.1, 0.15) is 16.0 Å². The highest BCUT2D eigenvalue weighted by Crippen LogP contribution is 2.29. The molecule has 19 heavy (non-hydrogen) atoms. The molecule has 1 rings (SSSR count). The van der Waals surface area contributed by atoms with Gasteiger partial charge in [0.25, 0.3) is 6.43 Å². The lowest BCUT2D eigenvalue weighted by Gasteiger charge is -2.23. The van der Waals surface area contributed by atoms with Crippen molar-refractivity contribution in [1.29, 1.82) is 0 Å². The lowest BCUT2D eigenvalue weighted by atomic mass is 9.93. The summed E-state index contributed by atoms with van der Waals surface area (Å²) in [6, 6.07) is 3.08. The number of alkyl halides is 2. The third-order valence-electron chi connectivity index (χ3n) is 2.46. The van der Waals surface area contributed by atoms with Gasteiger partial charge in [-0.05, 0) is 54.2 Å². The highest BCUT2D eigenvalue weighted by atomic mass is 79.9. The number of nitrogens with zero attached hydrogens (tertiary/aromatic N) is 1. The number of ether oxygens (including phenoxy) is 1. The summed E-state index contributed by atoms with van der Waals surface area (Å²) in [7, 11) is 0. The van der Waals surface area contributed by atoms with Gasteiger partial charge in [0.05, 0.1) is 6.61 Å². The van der Waals surface area contributed by atoms with Gasteiger partial charge in [-0.2, -0.15) is 0 Å². The molecule has 0 saturated heterocycles. The molecule has 0 aromatic carbocycles. The fourth-order valence-electron chi connectivity index (χ4n) is 1.90. The van der Waals surface area contributed by atoms with Crippen LogP contribution in [0.4, 0.5) is 8.78 Å². The van der Waals surface area contributed by atoms with Crippen LogP contribution < -0.4 is 10.5 Å².